The predicted octanol–water partition coefficient (Wildman–Crippen LogP) is 3.08. The highest BCUT2D eigenvalue weighted by Crippen LogP contribution is 2.33. The summed E-state index contributed by atoms with van der Waals surface area (Å²) >= 11 is 0. The monoisotopic (exact) mass is 377 g/mol. The number of nitrogens with one attached hydrogen (secondary N) is 1. The average Bonchev–Trinajstić information content (AvgIpc) is 3.07. The zero-order valence-corrected chi connectivity index (χ0v) is 16.3. The summed E-state index contributed by atoms with van der Waals surface area (Å²) in [5.41, 5.74) is 4.77. The number of pyridine rings is 1. The fraction of sp³-hybridized carbons (Fsp3) is 0.409. The van der Waals surface area contributed by atoms with Crippen molar-refractivity contribution in [2.24, 2.45) is 0 Å². The van der Waals surface area contributed by atoms with Crippen molar-refractivity contribution in [2.45, 2.75) is 44.8 Å². The van der Waals surface area contributed by atoms with E-state index in [0.29, 0.717) is 12.6 Å². The third-order valence-corrected chi connectivity index (χ3v) is 5.61. The van der Waals surface area contributed by atoms with Gasteiger partial charge in [-0.2, -0.15) is 0 Å². The molecule has 1 aliphatic rings. The number of imidazole rings is 1. The summed E-state index contributed by atoms with van der Waals surface area (Å²) in [6, 6.07) is 12.8. The quantitative estimate of drug-likeness (QED) is 0.484. The molecule has 0 saturated carbocycles. The van der Waals surface area contributed by atoms with Crippen molar-refractivity contribution in [3.05, 3.63) is 59.7 Å². The molecule has 0 spiro atoms. The number of hydrogen-bond acceptors (Lipinski definition) is 4. The van der Waals surface area contributed by atoms with Crippen molar-refractivity contribution in [3.63, 3.8) is 0 Å². The fourth-order valence-corrected chi connectivity index (χ4v) is 4.24. The first-order valence-corrected chi connectivity index (χ1v) is 10.0. The van der Waals surface area contributed by atoms with Crippen LogP contribution in [0.15, 0.2) is 42.6 Å². The number of aryl methyl sites for hydroxylation is 2. The van der Waals surface area contributed by atoms with Gasteiger partial charge in [0.1, 0.15) is 5.82 Å². The van der Waals surface area contributed by atoms with E-state index in [0.717, 1.165) is 55.6 Å². The number of fused-ring (bicyclic) bond motifs is 2. The molecule has 0 saturated heterocycles. The Labute approximate surface area is 165 Å². The number of carbonyl (C=O) groups is 1. The van der Waals surface area contributed by atoms with Crippen molar-refractivity contribution in [1.82, 2.24) is 24.8 Å². The number of carbonyl (C=O) groups excluding carboxylic acids is 1. The van der Waals surface area contributed by atoms with E-state index in [4.69, 9.17) is 4.98 Å². The minimum Gasteiger partial charge on any atom is -0.359 e. The van der Waals surface area contributed by atoms with Crippen LogP contribution in [0.2, 0.25) is 0 Å². The van der Waals surface area contributed by atoms with Crippen LogP contribution in [0.1, 0.15) is 42.4 Å². The van der Waals surface area contributed by atoms with Crippen molar-refractivity contribution < 1.29 is 4.79 Å². The Kier molecular flexibility index (Phi) is 5.67. The molecular weight excluding hydrogens is 350 g/mol. The molecule has 1 N–H and O–H groups in total. The maximum absolute atomic E-state index is 10.5. The third-order valence-electron chi connectivity index (χ3n) is 5.61. The predicted molar refractivity (Wildman–Crippen MR) is 110 cm³/mol. The number of aromatic nitrogens is 3. The van der Waals surface area contributed by atoms with E-state index in [-0.39, 0.29) is 0 Å². The van der Waals surface area contributed by atoms with Crippen LogP contribution < -0.4 is 5.32 Å². The normalized spacial score (nSPS) is 16.3. The van der Waals surface area contributed by atoms with Gasteiger partial charge in [0, 0.05) is 19.3 Å². The van der Waals surface area contributed by atoms with Gasteiger partial charge in [0.05, 0.1) is 29.3 Å². The molecule has 1 aromatic carbocycles. The van der Waals surface area contributed by atoms with E-state index in [1.54, 1.807) is 0 Å². The Morgan fingerprint density at radius 2 is 2.18 bits per heavy atom. The molecule has 146 valence electrons. The van der Waals surface area contributed by atoms with Gasteiger partial charge in [-0.25, -0.2) is 4.98 Å². The first-order valence-electron chi connectivity index (χ1n) is 10.0. The fourth-order valence-electron chi connectivity index (χ4n) is 4.24. The van der Waals surface area contributed by atoms with Crippen molar-refractivity contribution in [2.75, 3.05) is 13.6 Å². The van der Waals surface area contributed by atoms with Crippen molar-refractivity contribution in [3.8, 4) is 0 Å². The van der Waals surface area contributed by atoms with Gasteiger partial charge in [-0.05, 0) is 56.5 Å². The molecule has 4 rings (SSSR count). The summed E-state index contributed by atoms with van der Waals surface area (Å²) in [6.07, 6.45) is 6.99. The summed E-state index contributed by atoms with van der Waals surface area (Å²) in [5.74, 6) is 1.07. The maximum atomic E-state index is 10.5. The topological polar surface area (TPSA) is 63.1 Å². The molecule has 2 aromatic heterocycles. The van der Waals surface area contributed by atoms with Crippen LogP contribution >= 0.6 is 0 Å². The lowest BCUT2D eigenvalue weighted by Crippen LogP contribution is -2.29. The molecule has 3 aromatic rings. The Morgan fingerprint density at radius 3 is 3.07 bits per heavy atom. The third kappa shape index (κ3) is 3.78. The first kappa shape index (κ1) is 18.6. The number of benzene rings is 1. The standard InChI is InChI=1S/C22H27N5O/c1-26(20-11-4-7-17-8-5-13-24-22(17)20)15-21-25-18-9-2-3-10-19(18)27(21)14-6-12-23-16-28/h2-3,5,8-10,13,16,20H,4,6-7,11-12,14-15H2,1H3,(H,23,28). The van der Waals surface area contributed by atoms with E-state index >= 15 is 0 Å². The zero-order valence-electron chi connectivity index (χ0n) is 16.3. The smallest absolute Gasteiger partial charge is 0.207 e. The molecule has 6 heteroatoms. The van der Waals surface area contributed by atoms with Crippen molar-refractivity contribution >= 4 is 17.4 Å². The Hall–Kier alpha value is -2.73. The van der Waals surface area contributed by atoms with Crippen LogP contribution in [0.3, 0.4) is 0 Å². The van der Waals surface area contributed by atoms with Gasteiger partial charge >= 0.3 is 0 Å². The summed E-state index contributed by atoms with van der Waals surface area (Å²) in [6.45, 7) is 2.28. The molecule has 2 heterocycles. The molecule has 28 heavy (non-hydrogen) atoms. The van der Waals surface area contributed by atoms with E-state index in [1.165, 1.54) is 17.7 Å². The Bertz CT molecular complexity index is 951. The van der Waals surface area contributed by atoms with Gasteiger partial charge in [0.15, 0.2) is 0 Å². The first-order chi connectivity index (χ1) is 13.8. The lowest BCUT2D eigenvalue weighted by Gasteiger charge is -2.32. The summed E-state index contributed by atoms with van der Waals surface area (Å²) in [7, 11) is 2.17. The Morgan fingerprint density at radius 1 is 1.29 bits per heavy atom. The van der Waals surface area contributed by atoms with E-state index < -0.39 is 0 Å². The number of para-hydroxylation sites is 2. The second kappa shape index (κ2) is 8.52. The lowest BCUT2D eigenvalue weighted by atomic mass is 9.91. The second-order valence-electron chi connectivity index (χ2n) is 7.46. The molecule has 0 fully saturated rings. The SMILES string of the molecule is CN(Cc1nc2ccccc2n1CCCNC=O)C1CCCc2cccnc21. The minimum atomic E-state index is 0.329. The zero-order chi connectivity index (χ0) is 19.3. The molecule has 6 nitrogen and oxygen atoms in total. The summed E-state index contributed by atoms with van der Waals surface area (Å²) in [5, 5.41) is 2.75. The molecule has 0 aliphatic heterocycles. The van der Waals surface area contributed by atoms with Crippen LogP contribution in [0.5, 0.6) is 0 Å². The minimum absolute atomic E-state index is 0.329. The van der Waals surface area contributed by atoms with Crippen LogP contribution in [-0.2, 0) is 24.3 Å². The highest BCUT2D eigenvalue weighted by molar-refractivity contribution is 5.75. The molecule has 1 amide bonds. The molecule has 0 bridgehead atoms. The highest BCUT2D eigenvalue weighted by Gasteiger charge is 2.26. The van der Waals surface area contributed by atoms with Crippen LogP contribution in [0.4, 0.5) is 0 Å². The van der Waals surface area contributed by atoms with E-state index in [1.807, 2.05) is 18.3 Å². The Balaban J connectivity index is 1.58. The van der Waals surface area contributed by atoms with Gasteiger partial charge in [0.25, 0.3) is 0 Å². The number of amides is 1. The van der Waals surface area contributed by atoms with Gasteiger partial charge < -0.3 is 9.88 Å². The molecule has 0 radical (unpaired) electrons. The molecule has 1 atom stereocenters. The average molecular weight is 377 g/mol. The van der Waals surface area contributed by atoms with Crippen LogP contribution in [-0.4, -0.2) is 39.4 Å². The van der Waals surface area contributed by atoms with Crippen LogP contribution in [0, 0.1) is 0 Å². The van der Waals surface area contributed by atoms with Gasteiger partial charge in [0.2, 0.25) is 6.41 Å². The molecular formula is C22H27N5O. The van der Waals surface area contributed by atoms with Gasteiger partial charge in [-0.15, -0.1) is 0 Å². The van der Waals surface area contributed by atoms with E-state index in [2.05, 4.69) is 51.1 Å². The number of rotatable bonds is 8. The number of nitrogens with zero attached hydrogens (tertiary/aromatic N) is 4. The van der Waals surface area contributed by atoms with Gasteiger partial charge in [-0.3, -0.25) is 14.7 Å². The summed E-state index contributed by atoms with van der Waals surface area (Å²) < 4.78 is 2.29. The molecule has 1 unspecified atom stereocenters. The largest absolute Gasteiger partial charge is 0.359 e. The van der Waals surface area contributed by atoms with Crippen molar-refractivity contribution in [1.29, 1.82) is 0 Å². The highest BCUT2D eigenvalue weighted by atomic mass is 16.1. The van der Waals surface area contributed by atoms with E-state index in [9.17, 15) is 4.79 Å². The lowest BCUT2D eigenvalue weighted by molar-refractivity contribution is -0.109. The summed E-state index contributed by atoms with van der Waals surface area (Å²) in [4.78, 5) is 22.5. The second-order valence-corrected chi connectivity index (χ2v) is 7.46. The maximum Gasteiger partial charge on any atom is 0.207 e. The molecule has 1 aliphatic carbocycles. The number of hydrogen-bond donors (Lipinski definition) is 1. The van der Waals surface area contributed by atoms with Gasteiger partial charge in [-0.1, -0.05) is 18.2 Å². The van der Waals surface area contributed by atoms with Crippen LogP contribution in [0.25, 0.3) is 11.0 Å².